The Labute approximate surface area is 99.2 Å². The predicted molar refractivity (Wildman–Crippen MR) is 66.6 cm³/mol. The molecule has 0 heterocycles. The maximum atomic E-state index is 12.1. The van der Waals surface area contributed by atoms with Gasteiger partial charge in [0, 0.05) is 19.1 Å². The van der Waals surface area contributed by atoms with E-state index in [1.165, 1.54) is 4.31 Å². The highest BCUT2D eigenvalue weighted by molar-refractivity contribution is 7.89. The van der Waals surface area contributed by atoms with Crippen LogP contribution < -0.4 is 5.73 Å². The Kier molecular flexibility index (Phi) is 4.76. The molecule has 0 saturated heterocycles. The van der Waals surface area contributed by atoms with Gasteiger partial charge in [-0.3, -0.25) is 0 Å². The molecule has 0 aromatic rings. The second-order valence-corrected chi connectivity index (χ2v) is 7.28. The third kappa shape index (κ3) is 3.43. The molecule has 5 heteroatoms. The summed E-state index contributed by atoms with van der Waals surface area (Å²) in [6, 6.07) is -0.00168. The van der Waals surface area contributed by atoms with E-state index in [-0.39, 0.29) is 23.8 Å². The normalized spacial score (nSPS) is 27.6. The molecule has 1 saturated carbocycles. The summed E-state index contributed by atoms with van der Waals surface area (Å²) in [6.45, 7) is 3.85. The Balaban J connectivity index is 2.71. The lowest BCUT2D eigenvalue weighted by Gasteiger charge is -2.35. The maximum absolute atomic E-state index is 12.1. The van der Waals surface area contributed by atoms with Crippen molar-refractivity contribution in [1.29, 1.82) is 0 Å². The standard InChI is InChI=1S/C11H24N2O2S/c1-9(2)8-16(14,15)13(3)11-7-5-4-6-10(11)12/h9-11H,4-8,12H2,1-3H3. The molecule has 2 atom stereocenters. The molecule has 1 aliphatic rings. The molecule has 2 N–H and O–H groups in total. The van der Waals surface area contributed by atoms with Crippen LogP contribution in [0.4, 0.5) is 0 Å². The Bertz CT molecular complexity index is 314. The van der Waals surface area contributed by atoms with Crippen molar-refractivity contribution in [1.82, 2.24) is 4.31 Å². The van der Waals surface area contributed by atoms with E-state index in [2.05, 4.69) is 0 Å². The van der Waals surface area contributed by atoms with Gasteiger partial charge in [0.2, 0.25) is 10.0 Å². The van der Waals surface area contributed by atoms with Crippen LogP contribution in [0.5, 0.6) is 0 Å². The number of sulfonamides is 1. The van der Waals surface area contributed by atoms with Crippen LogP contribution in [0.25, 0.3) is 0 Å². The average Bonchev–Trinajstić information content (AvgIpc) is 2.15. The summed E-state index contributed by atoms with van der Waals surface area (Å²) in [5, 5.41) is 0. The van der Waals surface area contributed by atoms with Crippen molar-refractivity contribution in [2.45, 2.75) is 51.6 Å². The molecule has 1 fully saturated rings. The molecule has 96 valence electrons. The first-order valence-corrected chi connectivity index (χ1v) is 7.67. The van der Waals surface area contributed by atoms with E-state index in [4.69, 9.17) is 5.73 Å². The Hall–Kier alpha value is -0.130. The van der Waals surface area contributed by atoms with Crippen molar-refractivity contribution in [3.63, 3.8) is 0 Å². The quantitative estimate of drug-likeness (QED) is 0.812. The summed E-state index contributed by atoms with van der Waals surface area (Å²) in [5.74, 6) is 0.375. The molecule has 0 amide bonds. The molecular formula is C11H24N2O2S. The zero-order valence-corrected chi connectivity index (χ0v) is 11.3. The van der Waals surface area contributed by atoms with E-state index >= 15 is 0 Å². The molecule has 0 radical (unpaired) electrons. The second-order valence-electron chi connectivity index (χ2n) is 5.20. The monoisotopic (exact) mass is 248 g/mol. The summed E-state index contributed by atoms with van der Waals surface area (Å²) in [6.07, 6.45) is 4.04. The first-order valence-electron chi connectivity index (χ1n) is 6.06. The number of nitrogens with zero attached hydrogens (tertiary/aromatic N) is 1. The van der Waals surface area contributed by atoms with Gasteiger partial charge in [-0.1, -0.05) is 26.7 Å². The summed E-state index contributed by atoms with van der Waals surface area (Å²) in [5.41, 5.74) is 6.00. The molecule has 0 spiro atoms. The van der Waals surface area contributed by atoms with Crippen LogP contribution in [-0.4, -0.2) is 37.6 Å². The van der Waals surface area contributed by atoms with Crippen LogP contribution in [0, 0.1) is 5.92 Å². The molecule has 16 heavy (non-hydrogen) atoms. The van der Waals surface area contributed by atoms with Gasteiger partial charge in [-0.15, -0.1) is 0 Å². The van der Waals surface area contributed by atoms with Crippen LogP contribution in [0.3, 0.4) is 0 Å². The van der Waals surface area contributed by atoms with E-state index in [0.29, 0.717) is 0 Å². The predicted octanol–water partition coefficient (Wildman–Crippen LogP) is 1.17. The van der Waals surface area contributed by atoms with Crippen LogP contribution >= 0.6 is 0 Å². The fraction of sp³-hybridized carbons (Fsp3) is 1.00. The lowest BCUT2D eigenvalue weighted by molar-refractivity contribution is 0.251. The molecule has 4 nitrogen and oxygen atoms in total. The van der Waals surface area contributed by atoms with Gasteiger partial charge in [0.15, 0.2) is 0 Å². The molecule has 1 aliphatic carbocycles. The Morgan fingerprint density at radius 2 is 1.88 bits per heavy atom. The smallest absolute Gasteiger partial charge is 0.214 e. The van der Waals surface area contributed by atoms with E-state index in [0.717, 1.165) is 25.7 Å². The van der Waals surface area contributed by atoms with E-state index < -0.39 is 10.0 Å². The largest absolute Gasteiger partial charge is 0.326 e. The Morgan fingerprint density at radius 3 is 2.38 bits per heavy atom. The summed E-state index contributed by atoms with van der Waals surface area (Å²) < 4.78 is 25.6. The van der Waals surface area contributed by atoms with Crippen LogP contribution in [0.1, 0.15) is 39.5 Å². The molecule has 1 rings (SSSR count). The number of likely N-dealkylation sites (N-methyl/N-ethyl adjacent to an activating group) is 1. The summed E-state index contributed by atoms with van der Waals surface area (Å²) in [7, 11) is -1.46. The van der Waals surface area contributed by atoms with Gasteiger partial charge in [0.1, 0.15) is 0 Å². The molecule has 0 bridgehead atoms. The van der Waals surface area contributed by atoms with Gasteiger partial charge in [0.05, 0.1) is 5.75 Å². The molecule has 0 aromatic carbocycles. The zero-order valence-electron chi connectivity index (χ0n) is 10.5. The fourth-order valence-electron chi connectivity index (χ4n) is 2.34. The highest BCUT2D eigenvalue weighted by Crippen LogP contribution is 2.23. The number of nitrogens with two attached hydrogens (primary N) is 1. The minimum Gasteiger partial charge on any atom is -0.326 e. The van der Waals surface area contributed by atoms with Crippen molar-refractivity contribution in [3.05, 3.63) is 0 Å². The highest BCUT2D eigenvalue weighted by atomic mass is 32.2. The van der Waals surface area contributed by atoms with E-state index in [1.807, 2.05) is 13.8 Å². The number of rotatable bonds is 4. The first kappa shape index (κ1) is 13.9. The summed E-state index contributed by atoms with van der Waals surface area (Å²) in [4.78, 5) is 0. The van der Waals surface area contributed by atoms with Crippen molar-refractivity contribution < 1.29 is 8.42 Å². The minimum absolute atomic E-state index is 0.000636. The third-order valence-corrected chi connectivity index (χ3v) is 5.47. The van der Waals surface area contributed by atoms with Crippen LogP contribution in [-0.2, 0) is 10.0 Å². The third-order valence-electron chi connectivity index (χ3n) is 3.23. The minimum atomic E-state index is -3.14. The van der Waals surface area contributed by atoms with Crippen LogP contribution in [0.2, 0.25) is 0 Å². The van der Waals surface area contributed by atoms with Crippen molar-refractivity contribution in [3.8, 4) is 0 Å². The van der Waals surface area contributed by atoms with Gasteiger partial charge in [-0.25, -0.2) is 12.7 Å². The molecular weight excluding hydrogens is 224 g/mol. The lowest BCUT2D eigenvalue weighted by atomic mass is 9.91. The molecule has 0 aromatic heterocycles. The highest BCUT2D eigenvalue weighted by Gasteiger charge is 2.32. The van der Waals surface area contributed by atoms with Gasteiger partial charge >= 0.3 is 0 Å². The first-order chi connectivity index (χ1) is 7.34. The lowest BCUT2D eigenvalue weighted by Crippen LogP contribution is -2.50. The van der Waals surface area contributed by atoms with Crippen molar-refractivity contribution in [2.24, 2.45) is 11.7 Å². The van der Waals surface area contributed by atoms with Gasteiger partial charge in [0.25, 0.3) is 0 Å². The zero-order chi connectivity index (χ0) is 12.3. The number of hydrogen-bond acceptors (Lipinski definition) is 3. The van der Waals surface area contributed by atoms with E-state index in [9.17, 15) is 8.42 Å². The fourth-order valence-corrected chi connectivity index (χ4v) is 4.09. The topological polar surface area (TPSA) is 63.4 Å². The summed E-state index contributed by atoms with van der Waals surface area (Å²) >= 11 is 0. The maximum Gasteiger partial charge on any atom is 0.214 e. The van der Waals surface area contributed by atoms with Gasteiger partial charge in [-0.05, 0) is 18.8 Å². The SMILES string of the molecule is CC(C)CS(=O)(=O)N(C)C1CCCCC1N. The van der Waals surface area contributed by atoms with Crippen molar-refractivity contribution >= 4 is 10.0 Å². The number of hydrogen-bond donors (Lipinski definition) is 1. The van der Waals surface area contributed by atoms with Gasteiger partial charge < -0.3 is 5.73 Å². The Morgan fingerprint density at radius 1 is 1.31 bits per heavy atom. The average molecular weight is 248 g/mol. The van der Waals surface area contributed by atoms with Gasteiger partial charge in [-0.2, -0.15) is 0 Å². The van der Waals surface area contributed by atoms with Crippen molar-refractivity contribution in [2.75, 3.05) is 12.8 Å². The van der Waals surface area contributed by atoms with Crippen LogP contribution in [0.15, 0.2) is 0 Å². The van der Waals surface area contributed by atoms with E-state index in [1.54, 1.807) is 7.05 Å². The molecule has 2 unspecified atom stereocenters. The molecule has 0 aliphatic heterocycles. The second kappa shape index (κ2) is 5.47.